The predicted octanol–water partition coefficient (Wildman–Crippen LogP) is 5.26. The minimum Gasteiger partial charge on any atom is -0.372 e. The van der Waals surface area contributed by atoms with Crippen molar-refractivity contribution in [1.29, 1.82) is 0 Å². The summed E-state index contributed by atoms with van der Waals surface area (Å²) in [5, 5.41) is 0. The number of rotatable bonds is 4. The maximum atomic E-state index is 8.58. The Labute approximate surface area is 158 Å². The lowest BCUT2D eigenvalue weighted by Gasteiger charge is -2.57. The van der Waals surface area contributed by atoms with Crippen LogP contribution in [0.2, 0.25) is 0 Å². The number of carbonyl (C=O) groups excluding carboxylic acids is 1. The molecule has 0 spiro atoms. The number of hydrogen-bond acceptors (Lipinski definition) is 2. The first kappa shape index (κ1) is 20.4. The Kier molecular flexibility index (Phi) is 7.01. The van der Waals surface area contributed by atoms with E-state index in [0.717, 1.165) is 17.8 Å². The maximum Gasteiger partial charge on any atom is 0.204 e. The molecular formula is C22H35NOS. The topological polar surface area (TPSA) is 43.1 Å². The van der Waals surface area contributed by atoms with Gasteiger partial charge in [0, 0.05) is 0 Å². The highest BCUT2D eigenvalue weighted by Gasteiger charge is 2.52. The first-order chi connectivity index (χ1) is 11.9. The van der Waals surface area contributed by atoms with E-state index in [9.17, 15) is 0 Å². The monoisotopic (exact) mass is 361 g/mol. The van der Waals surface area contributed by atoms with Gasteiger partial charge in [0.2, 0.25) is 6.41 Å². The lowest BCUT2D eigenvalue weighted by Crippen LogP contribution is -2.50. The quantitative estimate of drug-likeness (QED) is 0.743. The van der Waals surface area contributed by atoms with E-state index in [2.05, 4.69) is 75.5 Å². The van der Waals surface area contributed by atoms with Crippen LogP contribution in [0, 0.1) is 23.2 Å². The fraction of sp³-hybridized carbons (Fsp3) is 0.682. The van der Waals surface area contributed by atoms with Gasteiger partial charge < -0.3 is 5.73 Å². The van der Waals surface area contributed by atoms with Crippen molar-refractivity contribution in [2.45, 2.75) is 58.8 Å². The number of thioether (sulfide) groups is 1. The summed E-state index contributed by atoms with van der Waals surface area (Å²) >= 11 is 2.16. The molecule has 0 saturated heterocycles. The van der Waals surface area contributed by atoms with Gasteiger partial charge >= 0.3 is 0 Å². The Morgan fingerprint density at radius 1 is 1.20 bits per heavy atom. The molecule has 4 atom stereocenters. The largest absolute Gasteiger partial charge is 0.372 e. The molecule has 2 N–H and O–H groups in total. The Morgan fingerprint density at radius 3 is 2.44 bits per heavy atom. The molecular weight excluding hydrogens is 326 g/mol. The Morgan fingerprint density at radius 2 is 1.84 bits per heavy atom. The van der Waals surface area contributed by atoms with Crippen molar-refractivity contribution >= 4 is 18.2 Å². The first-order valence-corrected chi connectivity index (χ1v) is 10.8. The molecule has 2 nitrogen and oxygen atoms in total. The summed E-state index contributed by atoms with van der Waals surface area (Å²) in [4.78, 5) is 8.58. The van der Waals surface area contributed by atoms with Gasteiger partial charge in [0.1, 0.15) is 0 Å². The molecule has 1 aromatic carbocycles. The molecule has 4 unspecified atom stereocenters. The molecule has 3 rings (SSSR count). The van der Waals surface area contributed by atoms with Crippen LogP contribution in [0.1, 0.15) is 58.9 Å². The highest BCUT2D eigenvalue weighted by molar-refractivity contribution is 7.99. The number of amides is 1. The summed E-state index contributed by atoms with van der Waals surface area (Å²) in [6.45, 7) is 9.86. The molecule has 3 heteroatoms. The van der Waals surface area contributed by atoms with Gasteiger partial charge in [-0.05, 0) is 71.3 Å². The minimum absolute atomic E-state index is 0.250. The van der Waals surface area contributed by atoms with Crippen molar-refractivity contribution in [2.75, 3.05) is 11.5 Å². The van der Waals surface area contributed by atoms with Crippen molar-refractivity contribution in [1.82, 2.24) is 0 Å². The zero-order valence-corrected chi connectivity index (χ0v) is 17.1. The van der Waals surface area contributed by atoms with E-state index >= 15 is 0 Å². The zero-order chi connectivity index (χ0) is 18.5. The number of nitrogens with two attached hydrogens (primary N) is 1. The molecule has 2 saturated carbocycles. The average molecular weight is 362 g/mol. The van der Waals surface area contributed by atoms with Gasteiger partial charge in [-0.3, -0.25) is 4.79 Å². The van der Waals surface area contributed by atoms with E-state index in [-0.39, 0.29) is 6.41 Å². The van der Waals surface area contributed by atoms with Crippen LogP contribution in [-0.4, -0.2) is 17.9 Å². The molecule has 2 bridgehead atoms. The van der Waals surface area contributed by atoms with Gasteiger partial charge in [-0.25, -0.2) is 0 Å². The molecule has 0 heterocycles. The van der Waals surface area contributed by atoms with Crippen molar-refractivity contribution in [3.05, 3.63) is 35.9 Å². The van der Waals surface area contributed by atoms with Gasteiger partial charge in [0.15, 0.2) is 0 Å². The second kappa shape index (κ2) is 8.62. The smallest absolute Gasteiger partial charge is 0.204 e. The number of primary amides is 1. The highest BCUT2D eigenvalue weighted by Crippen LogP contribution is 2.59. The van der Waals surface area contributed by atoms with E-state index in [4.69, 9.17) is 4.79 Å². The average Bonchev–Trinajstić information content (AvgIpc) is 2.54. The van der Waals surface area contributed by atoms with E-state index in [1.165, 1.54) is 37.2 Å². The van der Waals surface area contributed by atoms with Crippen LogP contribution >= 0.6 is 11.8 Å². The van der Waals surface area contributed by atoms with Crippen molar-refractivity contribution < 1.29 is 4.79 Å². The fourth-order valence-electron chi connectivity index (χ4n) is 5.72. The molecule has 2 fully saturated rings. The fourth-order valence-corrected chi connectivity index (χ4v) is 6.83. The number of fused-ring (bicyclic) bond motifs is 2. The third kappa shape index (κ3) is 4.81. The number of carbonyl (C=O) groups is 1. The summed E-state index contributed by atoms with van der Waals surface area (Å²) < 4.78 is 0. The van der Waals surface area contributed by atoms with Crippen LogP contribution in [0.5, 0.6) is 0 Å². The van der Waals surface area contributed by atoms with E-state index in [1.807, 2.05) is 0 Å². The van der Waals surface area contributed by atoms with Crippen LogP contribution in [0.3, 0.4) is 0 Å². The molecule has 2 aliphatic carbocycles. The third-order valence-electron chi connectivity index (χ3n) is 6.23. The highest BCUT2D eigenvalue weighted by atomic mass is 32.2. The lowest BCUT2D eigenvalue weighted by molar-refractivity contribution is -0.106. The Balaban J connectivity index is 0.000000701. The second-order valence-corrected chi connectivity index (χ2v) is 10.1. The first-order valence-electron chi connectivity index (χ1n) is 9.66. The molecule has 0 radical (unpaired) electrons. The predicted molar refractivity (Wildman–Crippen MR) is 110 cm³/mol. The molecule has 140 valence electrons. The molecule has 1 aromatic rings. The molecule has 25 heavy (non-hydrogen) atoms. The van der Waals surface area contributed by atoms with Crippen molar-refractivity contribution in [2.24, 2.45) is 28.9 Å². The maximum absolute atomic E-state index is 8.58. The Hall–Kier alpha value is -0.960. The van der Waals surface area contributed by atoms with E-state index in [1.54, 1.807) is 5.56 Å². The molecule has 1 amide bonds. The summed E-state index contributed by atoms with van der Waals surface area (Å²) in [6, 6.07) is 11.4. The lowest BCUT2D eigenvalue weighted by atomic mass is 9.48. The van der Waals surface area contributed by atoms with Crippen LogP contribution in [0.25, 0.3) is 0 Å². The molecule has 0 aromatic heterocycles. The minimum atomic E-state index is 0.250. The SMILES string of the molecule is CCSCC1C(C)CC2(c3ccccc3)CC1CC(C)(C)C2.NC=O. The van der Waals surface area contributed by atoms with Gasteiger partial charge in [0.05, 0.1) is 0 Å². The summed E-state index contributed by atoms with van der Waals surface area (Å²) in [5.74, 6) is 5.37. The van der Waals surface area contributed by atoms with Gasteiger partial charge in [0.25, 0.3) is 0 Å². The summed E-state index contributed by atoms with van der Waals surface area (Å²) in [5.41, 5.74) is 6.72. The van der Waals surface area contributed by atoms with E-state index in [0.29, 0.717) is 10.8 Å². The molecule has 2 aliphatic rings. The third-order valence-corrected chi connectivity index (χ3v) is 7.26. The van der Waals surface area contributed by atoms with Gasteiger partial charge in [-0.15, -0.1) is 0 Å². The zero-order valence-electron chi connectivity index (χ0n) is 16.3. The number of benzene rings is 1. The normalized spacial score (nSPS) is 33.0. The van der Waals surface area contributed by atoms with E-state index < -0.39 is 0 Å². The summed E-state index contributed by atoms with van der Waals surface area (Å²) in [7, 11) is 0. The van der Waals surface area contributed by atoms with Crippen LogP contribution < -0.4 is 5.73 Å². The number of hydrogen-bond donors (Lipinski definition) is 1. The van der Waals surface area contributed by atoms with Crippen LogP contribution in [0.15, 0.2) is 30.3 Å². The van der Waals surface area contributed by atoms with Gasteiger partial charge in [-0.2, -0.15) is 11.8 Å². The second-order valence-electron chi connectivity index (χ2n) is 8.80. The standard InChI is InChI=1S/C21H32S.CH3NO/c1-5-22-14-19-16(2)11-21(18-9-7-6-8-10-18)13-17(19)12-20(3,4)15-21;2-1-3/h6-10,16-17,19H,5,11-15H2,1-4H3;1H,(H2,2,3). The Bertz CT molecular complexity index is 540. The summed E-state index contributed by atoms with van der Waals surface area (Å²) in [6.07, 6.45) is 5.88. The molecule has 0 aliphatic heterocycles. The van der Waals surface area contributed by atoms with Crippen molar-refractivity contribution in [3.8, 4) is 0 Å². The van der Waals surface area contributed by atoms with Crippen LogP contribution in [-0.2, 0) is 10.2 Å². The van der Waals surface area contributed by atoms with Crippen molar-refractivity contribution in [3.63, 3.8) is 0 Å². The van der Waals surface area contributed by atoms with Gasteiger partial charge in [-0.1, -0.05) is 58.0 Å². The van der Waals surface area contributed by atoms with Crippen LogP contribution in [0.4, 0.5) is 0 Å².